The smallest absolute Gasteiger partial charge is 0.302 e. The molecule has 13 N–H and O–H groups in total. The molecule has 2 heterocycles. The van der Waals surface area contributed by atoms with E-state index < -0.39 is 132 Å². The second-order valence-corrected chi connectivity index (χ2v) is 19.7. The third-order valence-corrected chi connectivity index (χ3v) is 13.9. The Bertz CT molecular complexity index is 2070. The van der Waals surface area contributed by atoms with E-state index >= 15 is 0 Å². The van der Waals surface area contributed by atoms with E-state index in [1.54, 1.807) is 38.1 Å². The maximum atomic E-state index is 14.5. The number of amides is 10. The fraction of sp³-hybridized carbons (Fsp3) is 0.622. The quantitative estimate of drug-likeness (QED) is 0.0507. The standard InChI is InChI=1S/C45H69N11O13S2/c1-6-24(3)37-43(65)55-38(25(4)69-26(5)57)44(66)52-31(21-34(47)58)40(62)53-32(45(67)56-18-9-11-33(56)42(64)51-29(10-8-17-46)39(61)49-22-35(48)59)23-71-70-19-16-36(60)50-30(41(63)54-37)20-27-12-14-28(15-13-27)68-7-2/h12-15,24-25,29-33,37-38H,6-11,16-23,46H2,1-5H3,(H2,47,58)(H2,48,59)(H,49,61)(H,50,60)(H,51,64)(H,52,66)(H,53,62)(H,54,63)(H,55,65)/t24-,25+,29-,30?,31-,32?,33-,37?,38-/m0/s1. The van der Waals surface area contributed by atoms with E-state index in [0.29, 0.717) is 37.2 Å². The molecule has 9 atom stereocenters. The highest BCUT2D eigenvalue weighted by molar-refractivity contribution is 8.76. The van der Waals surface area contributed by atoms with Crippen LogP contribution < -0.4 is 59.2 Å². The summed E-state index contributed by atoms with van der Waals surface area (Å²) in [4.78, 5) is 149. The number of primary amides is 2. The fourth-order valence-electron chi connectivity index (χ4n) is 7.61. The van der Waals surface area contributed by atoms with Crippen LogP contribution in [0.1, 0.15) is 85.1 Å². The minimum absolute atomic E-state index is 0.00629. The first kappa shape index (κ1) is 59.2. The highest BCUT2D eigenvalue weighted by Gasteiger charge is 2.41. The first-order valence-electron chi connectivity index (χ1n) is 23.5. The molecule has 2 aliphatic heterocycles. The van der Waals surface area contributed by atoms with E-state index in [-0.39, 0.29) is 50.3 Å². The molecule has 0 spiro atoms. The number of rotatable bonds is 19. The van der Waals surface area contributed by atoms with Crippen molar-refractivity contribution in [1.29, 1.82) is 0 Å². The van der Waals surface area contributed by atoms with Crippen molar-refractivity contribution in [3.8, 4) is 5.75 Å². The van der Waals surface area contributed by atoms with Gasteiger partial charge >= 0.3 is 5.97 Å². The Morgan fingerprint density at radius 3 is 2.13 bits per heavy atom. The zero-order chi connectivity index (χ0) is 52.8. The highest BCUT2D eigenvalue weighted by Crippen LogP contribution is 2.26. The topological polar surface area (TPSA) is 372 Å². The number of nitrogens with zero attached hydrogens (tertiary/aromatic N) is 1. The van der Waals surface area contributed by atoms with Crippen LogP contribution >= 0.6 is 21.6 Å². The van der Waals surface area contributed by atoms with Gasteiger partial charge in [0.15, 0.2) is 0 Å². The number of ether oxygens (including phenoxy) is 2. The molecule has 1 aromatic carbocycles. The van der Waals surface area contributed by atoms with Crippen LogP contribution in [0.2, 0.25) is 0 Å². The Morgan fingerprint density at radius 2 is 1.51 bits per heavy atom. The van der Waals surface area contributed by atoms with Crippen molar-refractivity contribution < 1.29 is 62.2 Å². The Labute approximate surface area is 420 Å². The number of benzene rings is 1. The van der Waals surface area contributed by atoms with Crippen molar-refractivity contribution in [2.75, 3.05) is 37.7 Å². The van der Waals surface area contributed by atoms with E-state index in [2.05, 4.69) is 37.2 Å². The molecule has 0 aliphatic carbocycles. The number of esters is 1. The summed E-state index contributed by atoms with van der Waals surface area (Å²) in [6.07, 6.45) is -0.987. The zero-order valence-corrected chi connectivity index (χ0v) is 42.3. The minimum Gasteiger partial charge on any atom is -0.494 e. The van der Waals surface area contributed by atoms with Crippen molar-refractivity contribution in [3.05, 3.63) is 29.8 Å². The molecule has 0 bridgehead atoms. The Morgan fingerprint density at radius 1 is 0.845 bits per heavy atom. The number of hydrogen-bond acceptors (Lipinski definition) is 16. The molecular weight excluding hydrogens is 967 g/mol. The van der Waals surface area contributed by atoms with Gasteiger partial charge in [0.05, 0.1) is 19.6 Å². The van der Waals surface area contributed by atoms with Crippen LogP contribution in [-0.4, -0.2) is 156 Å². The normalized spacial score (nSPS) is 23.2. The average molecular weight is 1040 g/mol. The van der Waals surface area contributed by atoms with Crippen LogP contribution in [0.5, 0.6) is 5.75 Å². The van der Waals surface area contributed by atoms with Crippen LogP contribution in [0.3, 0.4) is 0 Å². The van der Waals surface area contributed by atoms with Gasteiger partial charge in [-0.1, -0.05) is 54.0 Å². The first-order chi connectivity index (χ1) is 33.7. The molecule has 0 saturated carbocycles. The van der Waals surface area contributed by atoms with Crippen molar-refractivity contribution >= 4 is 86.6 Å². The third-order valence-electron chi connectivity index (χ3n) is 11.5. The monoisotopic (exact) mass is 1040 g/mol. The summed E-state index contributed by atoms with van der Waals surface area (Å²) in [5.74, 6) is -9.09. The summed E-state index contributed by atoms with van der Waals surface area (Å²) in [5.41, 5.74) is 17.0. The predicted octanol–water partition coefficient (Wildman–Crippen LogP) is -2.47. The lowest BCUT2D eigenvalue weighted by Gasteiger charge is -2.32. The van der Waals surface area contributed by atoms with Gasteiger partial charge in [-0.3, -0.25) is 52.7 Å². The summed E-state index contributed by atoms with van der Waals surface area (Å²) in [5, 5.41) is 18.0. The fourth-order valence-corrected chi connectivity index (χ4v) is 9.76. The first-order valence-corrected chi connectivity index (χ1v) is 26.0. The van der Waals surface area contributed by atoms with Crippen molar-refractivity contribution in [2.45, 2.75) is 134 Å². The molecular formula is C45H69N11O13S2. The van der Waals surface area contributed by atoms with Gasteiger partial charge in [0.1, 0.15) is 54.1 Å². The van der Waals surface area contributed by atoms with Crippen LogP contribution in [0, 0.1) is 5.92 Å². The van der Waals surface area contributed by atoms with Gasteiger partial charge in [-0.25, -0.2) is 0 Å². The summed E-state index contributed by atoms with van der Waals surface area (Å²) >= 11 is 0. The van der Waals surface area contributed by atoms with E-state index in [0.717, 1.165) is 28.5 Å². The van der Waals surface area contributed by atoms with E-state index in [1.165, 1.54) is 11.8 Å². The molecule has 1 aromatic rings. The highest BCUT2D eigenvalue weighted by atomic mass is 33.1. The van der Waals surface area contributed by atoms with Gasteiger partial charge in [-0.15, -0.1) is 0 Å². The molecule has 2 fully saturated rings. The van der Waals surface area contributed by atoms with Gasteiger partial charge in [-0.2, -0.15) is 0 Å². The summed E-state index contributed by atoms with van der Waals surface area (Å²) in [6, 6.07) is -2.79. The lowest BCUT2D eigenvalue weighted by Crippen LogP contribution is -2.63. The molecule has 0 radical (unpaired) electrons. The molecule has 3 rings (SSSR count). The van der Waals surface area contributed by atoms with Crippen LogP contribution in [0.15, 0.2) is 24.3 Å². The second-order valence-electron chi connectivity index (χ2n) is 17.1. The molecule has 71 heavy (non-hydrogen) atoms. The van der Waals surface area contributed by atoms with Crippen LogP contribution in [-0.2, 0) is 63.9 Å². The lowest BCUT2D eigenvalue weighted by atomic mass is 9.96. The molecule has 3 unspecified atom stereocenters. The number of carbonyl (C=O) groups is 11. The largest absolute Gasteiger partial charge is 0.494 e. The average Bonchev–Trinajstić information content (AvgIpc) is 3.82. The van der Waals surface area contributed by atoms with Gasteiger partial charge in [0.25, 0.3) is 0 Å². The number of hydrogen-bond donors (Lipinski definition) is 10. The maximum Gasteiger partial charge on any atom is 0.302 e. The third kappa shape index (κ3) is 19.5. The molecule has 0 aromatic heterocycles. The number of likely N-dealkylation sites (tertiary alicyclic amines) is 1. The summed E-state index contributed by atoms with van der Waals surface area (Å²) in [6.45, 7) is 7.83. The zero-order valence-electron chi connectivity index (χ0n) is 40.7. The number of nitrogens with one attached hydrogen (secondary N) is 7. The molecule has 2 saturated heterocycles. The molecule has 394 valence electrons. The van der Waals surface area contributed by atoms with Crippen molar-refractivity contribution in [3.63, 3.8) is 0 Å². The predicted molar refractivity (Wildman–Crippen MR) is 262 cm³/mol. The Balaban J connectivity index is 2.05. The second kappa shape index (κ2) is 29.9. The lowest BCUT2D eigenvalue weighted by molar-refractivity contribution is -0.150. The van der Waals surface area contributed by atoms with Crippen LogP contribution in [0.4, 0.5) is 0 Å². The molecule has 24 nitrogen and oxygen atoms in total. The summed E-state index contributed by atoms with van der Waals surface area (Å²) in [7, 11) is 2.25. The summed E-state index contributed by atoms with van der Waals surface area (Å²) < 4.78 is 10.8. The van der Waals surface area contributed by atoms with Crippen molar-refractivity contribution in [1.82, 2.24) is 42.1 Å². The molecule has 2 aliphatic rings. The van der Waals surface area contributed by atoms with E-state index in [1.807, 2.05) is 6.92 Å². The van der Waals surface area contributed by atoms with Gasteiger partial charge in [0.2, 0.25) is 59.1 Å². The minimum atomic E-state index is -1.76. The Kier molecular flexibility index (Phi) is 24.9. The van der Waals surface area contributed by atoms with Crippen LogP contribution in [0.25, 0.3) is 0 Å². The maximum absolute atomic E-state index is 14.5. The van der Waals surface area contributed by atoms with Crippen molar-refractivity contribution in [2.24, 2.45) is 23.1 Å². The number of nitrogens with two attached hydrogens (primary N) is 3. The molecule has 26 heteroatoms. The van der Waals surface area contributed by atoms with E-state index in [9.17, 15) is 52.7 Å². The van der Waals surface area contributed by atoms with Gasteiger partial charge in [-0.05, 0) is 69.7 Å². The van der Waals surface area contributed by atoms with E-state index in [4.69, 9.17) is 26.7 Å². The van der Waals surface area contributed by atoms with Gasteiger partial charge in [0, 0.05) is 37.8 Å². The SMILES string of the molecule is CCOc1ccc(CC2NC(=O)CCSSCC(C(=O)N3CCC[C@H]3C(=O)N[C@@H](CCCN)C(=O)NCC(N)=O)NC(=O)[C@H](CC(N)=O)NC(=O)[C@H]([C@@H](C)OC(C)=O)NC(=O)C([C@@H](C)CC)NC2=O)cc1. The number of carbonyl (C=O) groups excluding carboxylic acids is 11. The van der Waals surface area contributed by atoms with Gasteiger partial charge < -0.3 is 68.8 Å². The Hall–Kier alpha value is -6.15. The molecule has 10 amide bonds.